The lowest BCUT2D eigenvalue weighted by atomic mass is 10.1. The second-order valence-corrected chi connectivity index (χ2v) is 7.06. The van der Waals surface area contributed by atoms with E-state index in [4.69, 9.17) is 5.73 Å². The van der Waals surface area contributed by atoms with Crippen LogP contribution in [0.1, 0.15) is 10.8 Å². The van der Waals surface area contributed by atoms with Crippen LogP contribution < -0.4 is 5.73 Å². The number of para-hydroxylation sites is 1. The largest absolute Gasteiger partial charge is 0.368 e. The van der Waals surface area contributed by atoms with Crippen molar-refractivity contribution in [2.75, 3.05) is 0 Å². The molecule has 0 bridgehead atoms. The van der Waals surface area contributed by atoms with Crippen LogP contribution in [0.2, 0.25) is 0 Å². The molecule has 4 rings (SSSR count). The highest BCUT2D eigenvalue weighted by Crippen LogP contribution is 2.37. The summed E-state index contributed by atoms with van der Waals surface area (Å²) in [4.78, 5) is 12.7. The van der Waals surface area contributed by atoms with Crippen molar-refractivity contribution in [2.45, 2.75) is 10.4 Å². The van der Waals surface area contributed by atoms with E-state index in [1.165, 1.54) is 11.8 Å². The molecule has 0 unspecified atom stereocenters. The molecule has 0 saturated heterocycles. The van der Waals surface area contributed by atoms with E-state index in [1.54, 1.807) is 11.3 Å². The van der Waals surface area contributed by atoms with Crippen molar-refractivity contribution < 1.29 is 4.79 Å². The van der Waals surface area contributed by atoms with Crippen molar-refractivity contribution in [3.05, 3.63) is 60.2 Å². The zero-order valence-corrected chi connectivity index (χ0v) is 13.6. The average molecular weight is 340 g/mol. The van der Waals surface area contributed by atoms with Crippen molar-refractivity contribution >= 4 is 44.2 Å². The van der Waals surface area contributed by atoms with Crippen LogP contribution in [0.5, 0.6) is 0 Å². The summed E-state index contributed by atoms with van der Waals surface area (Å²) in [6.07, 6.45) is 0. The summed E-state index contributed by atoms with van der Waals surface area (Å²) in [5.41, 5.74) is 7.50. The van der Waals surface area contributed by atoms with Gasteiger partial charge in [-0.1, -0.05) is 65.6 Å². The minimum absolute atomic E-state index is 0.391. The first-order valence-electron chi connectivity index (χ1n) is 6.97. The summed E-state index contributed by atoms with van der Waals surface area (Å²) in [6.45, 7) is 0. The highest BCUT2D eigenvalue weighted by Gasteiger charge is 2.23. The molecule has 1 amide bonds. The van der Waals surface area contributed by atoms with Crippen LogP contribution in [0, 0.1) is 0 Å². The number of benzene rings is 2. The van der Waals surface area contributed by atoms with Crippen molar-refractivity contribution in [1.29, 1.82) is 0 Å². The third kappa shape index (κ3) is 2.47. The zero-order chi connectivity index (χ0) is 15.8. The van der Waals surface area contributed by atoms with Crippen molar-refractivity contribution in [3.8, 4) is 0 Å². The summed E-state index contributed by atoms with van der Waals surface area (Å²) in [7, 11) is 0. The van der Waals surface area contributed by atoms with Crippen LogP contribution in [0.3, 0.4) is 0 Å². The first-order chi connectivity index (χ1) is 11.2. The molecule has 2 N–H and O–H groups in total. The number of nitrogens with zero attached hydrogens (tertiary/aromatic N) is 3. The highest BCUT2D eigenvalue weighted by molar-refractivity contribution is 8.00. The van der Waals surface area contributed by atoms with Crippen molar-refractivity contribution in [3.63, 3.8) is 0 Å². The molecule has 114 valence electrons. The van der Waals surface area contributed by atoms with E-state index in [1.807, 2.05) is 59.0 Å². The molecule has 2 heterocycles. The van der Waals surface area contributed by atoms with Crippen LogP contribution in [-0.4, -0.2) is 20.5 Å². The lowest BCUT2D eigenvalue weighted by Crippen LogP contribution is -2.19. The average Bonchev–Trinajstić information content (AvgIpc) is 3.12. The maximum atomic E-state index is 11.9. The van der Waals surface area contributed by atoms with E-state index in [9.17, 15) is 4.79 Å². The van der Waals surface area contributed by atoms with Gasteiger partial charge in [-0.3, -0.25) is 9.20 Å². The summed E-state index contributed by atoms with van der Waals surface area (Å²) in [6, 6.07) is 17.5. The Morgan fingerprint density at radius 3 is 2.61 bits per heavy atom. The number of primary amides is 1. The minimum atomic E-state index is -0.498. The molecule has 0 aliphatic rings. The zero-order valence-electron chi connectivity index (χ0n) is 11.9. The molecule has 1 atom stereocenters. The van der Waals surface area contributed by atoms with Gasteiger partial charge in [-0.15, -0.1) is 10.2 Å². The molecule has 0 aliphatic heterocycles. The number of hydrogen-bond acceptors (Lipinski definition) is 5. The number of carbonyl (C=O) groups is 1. The Labute approximate surface area is 140 Å². The van der Waals surface area contributed by atoms with Crippen molar-refractivity contribution in [2.24, 2.45) is 5.73 Å². The predicted octanol–water partition coefficient (Wildman–Crippen LogP) is 3.26. The fourth-order valence-electron chi connectivity index (χ4n) is 2.46. The minimum Gasteiger partial charge on any atom is -0.368 e. The molecule has 2 aromatic carbocycles. The Kier molecular flexibility index (Phi) is 3.51. The molecule has 2 aromatic heterocycles. The van der Waals surface area contributed by atoms with Gasteiger partial charge in [-0.2, -0.15) is 0 Å². The number of nitrogens with two attached hydrogens (primary N) is 1. The Balaban J connectivity index is 1.81. The highest BCUT2D eigenvalue weighted by atomic mass is 32.2. The second-order valence-electron chi connectivity index (χ2n) is 4.98. The molecule has 4 aromatic rings. The van der Waals surface area contributed by atoms with Crippen LogP contribution in [0.25, 0.3) is 15.2 Å². The van der Waals surface area contributed by atoms with Crippen LogP contribution in [-0.2, 0) is 4.79 Å². The number of thioether (sulfide) groups is 1. The van der Waals surface area contributed by atoms with Crippen LogP contribution >= 0.6 is 23.1 Å². The number of aromatic nitrogens is 3. The van der Waals surface area contributed by atoms with Crippen molar-refractivity contribution in [1.82, 2.24) is 14.6 Å². The Hall–Kier alpha value is -2.38. The molecule has 5 nitrogen and oxygen atoms in total. The molecule has 7 heteroatoms. The van der Waals surface area contributed by atoms with Gasteiger partial charge < -0.3 is 5.73 Å². The fraction of sp³-hybridized carbons (Fsp3) is 0.0625. The molecular weight excluding hydrogens is 328 g/mol. The fourth-order valence-corrected chi connectivity index (χ4v) is 4.48. The standard InChI is InChI=1S/C16H12N4OS2/c17-14(21)13(10-6-2-1-3-7-10)23-16-19-18-15-20(16)11-8-4-5-9-12(11)22-15/h1-9,13H,(H2,17,21)/t13-/m1/s1. The van der Waals surface area contributed by atoms with E-state index in [-0.39, 0.29) is 0 Å². The normalized spacial score (nSPS) is 12.7. The second kappa shape index (κ2) is 5.68. The smallest absolute Gasteiger partial charge is 0.235 e. The Morgan fingerprint density at radius 2 is 1.83 bits per heavy atom. The number of carbonyl (C=O) groups excluding carboxylic acids is 1. The molecule has 23 heavy (non-hydrogen) atoms. The summed E-state index contributed by atoms with van der Waals surface area (Å²) >= 11 is 2.90. The first kappa shape index (κ1) is 14.2. The van der Waals surface area contributed by atoms with Gasteiger partial charge in [0.1, 0.15) is 5.25 Å². The summed E-state index contributed by atoms with van der Waals surface area (Å²) in [5, 5.41) is 8.63. The van der Waals surface area contributed by atoms with Crippen LogP contribution in [0.4, 0.5) is 0 Å². The van der Waals surface area contributed by atoms with E-state index in [0.29, 0.717) is 5.16 Å². The number of thiazole rings is 1. The molecule has 0 radical (unpaired) electrons. The topological polar surface area (TPSA) is 73.3 Å². The van der Waals surface area contributed by atoms with Gasteiger partial charge in [0.2, 0.25) is 10.9 Å². The molecular formula is C16H12N4OS2. The number of fused-ring (bicyclic) bond motifs is 3. The summed E-state index contributed by atoms with van der Waals surface area (Å²) < 4.78 is 3.11. The van der Waals surface area contributed by atoms with E-state index < -0.39 is 11.2 Å². The van der Waals surface area contributed by atoms with Crippen LogP contribution in [0.15, 0.2) is 59.8 Å². The van der Waals surface area contributed by atoms with Gasteiger partial charge in [0.25, 0.3) is 0 Å². The quantitative estimate of drug-likeness (QED) is 0.579. The van der Waals surface area contributed by atoms with Gasteiger partial charge in [0.05, 0.1) is 10.2 Å². The van der Waals surface area contributed by atoms with E-state index in [0.717, 1.165) is 20.7 Å². The Morgan fingerprint density at radius 1 is 1.09 bits per heavy atom. The van der Waals surface area contributed by atoms with E-state index >= 15 is 0 Å². The number of rotatable bonds is 4. The lowest BCUT2D eigenvalue weighted by molar-refractivity contribution is -0.117. The monoisotopic (exact) mass is 340 g/mol. The third-order valence-electron chi connectivity index (χ3n) is 3.50. The molecule has 0 spiro atoms. The van der Waals surface area contributed by atoms with E-state index in [2.05, 4.69) is 10.2 Å². The third-order valence-corrected chi connectivity index (χ3v) is 5.72. The molecule has 0 fully saturated rings. The first-order valence-corrected chi connectivity index (χ1v) is 8.67. The SMILES string of the molecule is NC(=O)[C@H](Sc1nnc2sc3ccccc3n12)c1ccccc1. The van der Waals surface area contributed by atoms with Gasteiger partial charge in [-0.05, 0) is 17.7 Å². The van der Waals surface area contributed by atoms with Gasteiger partial charge in [0, 0.05) is 0 Å². The predicted molar refractivity (Wildman–Crippen MR) is 92.6 cm³/mol. The maximum absolute atomic E-state index is 11.9. The lowest BCUT2D eigenvalue weighted by Gasteiger charge is -2.11. The molecule has 0 aliphatic carbocycles. The molecule has 0 saturated carbocycles. The number of amides is 1. The maximum Gasteiger partial charge on any atom is 0.235 e. The van der Waals surface area contributed by atoms with Gasteiger partial charge >= 0.3 is 0 Å². The van der Waals surface area contributed by atoms with Gasteiger partial charge in [-0.25, -0.2) is 0 Å². The van der Waals surface area contributed by atoms with Gasteiger partial charge in [0.15, 0.2) is 5.16 Å². The summed E-state index contributed by atoms with van der Waals surface area (Å²) in [5.74, 6) is -0.391. The Bertz CT molecular complexity index is 993. The number of hydrogen-bond donors (Lipinski definition) is 1.